The van der Waals surface area contributed by atoms with E-state index >= 15 is 0 Å². The van der Waals surface area contributed by atoms with Gasteiger partial charge in [-0.05, 0) is 43.2 Å². The van der Waals surface area contributed by atoms with Crippen LogP contribution in [0.2, 0.25) is 0 Å². The monoisotopic (exact) mass is 453 g/mol. The second kappa shape index (κ2) is 12.1. The summed E-state index contributed by atoms with van der Waals surface area (Å²) in [7, 11) is 0. The molecule has 4 heterocycles. The van der Waals surface area contributed by atoms with E-state index in [1.165, 1.54) is 5.56 Å². The summed E-state index contributed by atoms with van der Waals surface area (Å²) in [5, 5.41) is 3.18. The van der Waals surface area contributed by atoms with Crippen molar-refractivity contribution in [3.63, 3.8) is 0 Å². The molecule has 1 amide bonds. The number of nitrogens with zero attached hydrogens (tertiary/aromatic N) is 4. The van der Waals surface area contributed by atoms with Gasteiger partial charge in [-0.25, -0.2) is 0 Å². The number of pyridine rings is 2. The van der Waals surface area contributed by atoms with Gasteiger partial charge in [0, 0.05) is 69.8 Å². The van der Waals surface area contributed by atoms with E-state index in [4.69, 9.17) is 9.47 Å². The number of hydrogen-bond acceptors (Lipinski definition) is 7. The number of hydrogen-bond donors (Lipinski definition) is 1. The lowest BCUT2D eigenvalue weighted by Crippen LogP contribution is -2.48. The molecule has 0 saturated carbocycles. The SMILES string of the molecule is Cc1ccc(OC[C@H]2C[C@@H](C(=O)NCCN3CCOCC3)CN(Cc3ccncc3)C2)cn1. The third kappa shape index (κ3) is 7.48. The molecular weight excluding hydrogens is 418 g/mol. The summed E-state index contributed by atoms with van der Waals surface area (Å²) in [5.41, 5.74) is 2.18. The molecule has 178 valence electrons. The van der Waals surface area contributed by atoms with Crippen molar-refractivity contribution in [3.8, 4) is 5.75 Å². The summed E-state index contributed by atoms with van der Waals surface area (Å²) in [5.74, 6) is 1.15. The number of carbonyl (C=O) groups is 1. The van der Waals surface area contributed by atoms with Crippen LogP contribution in [0.4, 0.5) is 0 Å². The zero-order valence-electron chi connectivity index (χ0n) is 19.5. The minimum absolute atomic E-state index is 0.0463. The van der Waals surface area contributed by atoms with Crippen LogP contribution in [-0.2, 0) is 16.1 Å². The van der Waals surface area contributed by atoms with Gasteiger partial charge in [0.25, 0.3) is 0 Å². The Hall–Kier alpha value is -2.55. The lowest BCUT2D eigenvalue weighted by atomic mass is 9.88. The molecule has 2 aliphatic rings. The summed E-state index contributed by atoms with van der Waals surface area (Å²) in [6.07, 6.45) is 6.23. The predicted molar refractivity (Wildman–Crippen MR) is 126 cm³/mol. The number of aryl methyl sites for hydroxylation is 1. The van der Waals surface area contributed by atoms with E-state index in [9.17, 15) is 4.79 Å². The van der Waals surface area contributed by atoms with Crippen molar-refractivity contribution in [2.75, 3.05) is 59.1 Å². The van der Waals surface area contributed by atoms with Crippen LogP contribution in [0, 0.1) is 18.8 Å². The number of carbonyl (C=O) groups excluding carboxylic acids is 1. The molecule has 2 aliphatic heterocycles. The Balaban J connectivity index is 1.33. The number of rotatable bonds is 9. The Morgan fingerprint density at radius 2 is 1.97 bits per heavy atom. The third-order valence-electron chi connectivity index (χ3n) is 6.34. The van der Waals surface area contributed by atoms with Crippen molar-refractivity contribution in [3.05, 3.63) is 54.1 Å². The number of piperidine rings is 1. The molecular formula is C25H35N5O3. The molecule has 2 fully saturated rings. The van der Waals surface area contributed by atoms with Gasteiger partial charge in [0.15, 0.2) is 0 Å². The van der Waals surface area contributed by atoms with Crippen molar-refractivity contribution >= 4 is 5.91 Å². The standard InChI is InChI=1S/C25H35N5O3/c1-20-2-3-24(15-28-20)33-19-22-14-23(18-30(17-22)16-21-4-6-26-7-5-21)25(31)27-8-9-29-10-12-32-13-11-29/h2-7,15,22-23H,8-14,16-19H2,1H3,(H,27,31)/t22-,23+/m0/s1. The molecule has 33 heavy (non-hydrogen) atoms. The lowest BCUT2D eigenvalue weighted by Gasteiger charge is -2.37. The zero-order chi connectivity index (χ0) is 22.9. The van der Waals surface area contributed by atoms with Crippen molar-refractivity contribution in [1.82, 2.24) is 25.1 Å². The Labute approximate surface area is 196 Å². The van der Waals surface area contributed by atoms with Crippen LogP contribution in [0.15, 0.2) is 42.9 Å². The maximum atomic E-state index is 13.1. The third-order valence-corrected chi connectivity index (χ3v) is 6.34. The van der Waals surface area contributed by atoms with Gasteiger partial charge in [-0.3, -0.25) is 24.6 Å². The minimum atomic E-state index is -0.0463. The minimum Gasteiger partial charge on any atom is -0.492 e. The maximum Gasteiger partial charge on any atom is 0.224 e. The summed E-state index contributed by atoms with van der Waals surface area (Å²) >= 11 is 0. The quantitative estimate of drug-likeness (QED) is 0.620. The van der Waals surface area contributed by atoms with Crippen LogP contribution in [0.5, 0.6) is 5.75 Å². The molecule has 0 bridgehead atoms. The fourth-order valence-corrected chi connectivity index (χ4v) is 4.55. The Kier molecular flexibility index (Phi) is 8.63. The molecule has 8 nitrogen and oxygen atoms in total. The number of likely N-dealkylation sites (tertiary alicyclic amines) is 1. The van der Waals surface area contributed by atoms with Crippen molar-refractivity contribution in [2.24, 2.45) is 11.8 Å². The smallest absolute Gasteiger partial charge is 0.224 e. The van der Waals surface area contributed by atoms with Crippen molar-refractivity contribution < 1.29 is 14.3 Å². The number of aromatic nitrogens is 2. The number of nitrogens with one attached hydrogen (secondary N) is 1. The van der Waals surface area contributed by atoms with Crippen LogP contribution in [0.3, 0.4) is 0 Å². The highest BCUT2D eigenvalue weighted by Gasteiger charge is 2.32. The number of morpholine rings is 1. The molecule has 0 unspecified atom stereocenters. The number of ether oxygens (including phenoxy) is 2. The lowest BCUT2D eigenvalue weighted by molar-refractivity contribution is -0.127. The summed E-state index contributed by atoms with van der Waals surface area (Å²) in [4.78, 5) is 26.2. The van der Waals surface area contributed by atoms with Gasteiger partial charge >= 0.3 is 0 Å². The first-order chi connectivity index (χ1) is 16.2. The molecule has 0 aromatic carbocycles. The molecule has 2 saturated heterocycles. The molecule has 0 spiro atoms. The van der Waals surface area contributed by atoms with E-state index in [-0.39, 0.29) is 17.7 Å². The van der Waals surface area contributed by atoms with E-state index in [2.05, 4.69) is 25.1 Å². The summed E-state index contributed by atoms with van der Waals surface area (Å²) in [6, 6.07) is 7.98. The molecule has 8 heteroatoms. The van der Waals surface area contributed by atoms with Crippen molar-refractivity contribution in [2.45, 2.75) is 19.9 Å². The molecule has 1 N–H and O–H groups in total. The van der Waals surface area contributed by atoms with Crippen LogP contribution in [0.25, 0.3) is 0 Å². The van der Waals surface area contributed by atoms with Crippen LogP contribution in [0.1, 0.15) is 17.7 Å². The fraction of sp³-hybridized carbons (Fsp3) is 0.560. The Bertz CT molecular complexity index is 858. The first kappa shape index (κ1) is 23.6. The van der Waals surface area contributed by atoms with Gasteiger partial charge in [0.05, 0.1) is 31.9 Å². The van der Waals surface area contributed by atoms with Gasteiger partial charge in [0.2, 0.25) is 5.91 Å². The average Bonchev–Trinajstić information content (AvgIpc) is 2.85. The summed E-state index contributed by atoms with van der Waals surface area (Å²) < 4.78 is 11.4. The van der Waals surface area contributed by atoms with Gasteiger partial charge in [-0.1, -0.05) is 0 Å². The van der Waals surface area contributed by atoms with E-state index in [0.717, 1.165) is 70.3 Å². The molecule has 2 aromatic heterocycles. The number of amides is 1. The second-order valence-electron chi connectivity index (χ2n) is 9.04. The first-order valence-electron chi connectivity index (χ1n) is 11.9. The van der Waals surface area contributed by atoms with Gasteiger partial charge < -0.3 is 14.8 Å². The highest BCUT2D eigenvalue weighted by molar-refractivity contribution is 5.79. The second-order valence-corrected chi connectivity index (χ2v) is 9.04. The van der Waals surface area contributed by atoms with Crippen LogP contribution >= 0.6 is 0 Å². The van der Waals surface area contributed by atoms with E-state index in [1.807, 2.05) is 43.6 Å². The normalized spacial score (nSPS) is 22.1. The largest absolute Gasteiger partial charge is 0.492 e. The average molecular weight is 454 g/mol. The highest BCUT2D eigenvalue weighted by atomic mass is 16.5. The van der Waals surface area contributed by atoms with E-state index in [0.29, 0.717) is 13.2 Å². The van der Waals surface area contributed by atoms with Crippen LogP contribution < -0.4 is 10.1 Å². The molecule has 4 rings (SSSR count). The summed E-state index contributed by atoms with van der Waals surface area (Å²) in [6.45, 7) is 9.98. The van der Waals surface area contributed by atoms with E-state index in [1.54, 1.807) is 6.20 Å². The first-order valence-corrected chi connectivity index (χ1v) is 11.9. The van der Waals surface area contributed by atoms with E-state index < -0.39 is 0 Å². The highest BCUT2D eigenvalue weighted by Crippen LogP contribution is 2.25. The maximum absolute atomic E-state index is 13.1. The van der Waals surface area contributed by atoms with Crippen LogP contribution in [-0.4, -0.2) is 84.8 Å². The van der Waals surface area contributed by atoms with Gasteiger partial charge in [-0.15, -0.1) is 0 Å². The molecule has 2 atom stereocenters. The molecule has 0 aliphatic carbocycles. The zero-order valence-corrected chi connectivity index (χ0v) is 19.5. The topological polar surface area (TPSA) is 79.8 Å². The van der Waals surface area contributed by atoms with Crippen molar-refractivity contribution in [1.29, 1.82) is 0 Å². The predicted octanol–water partition coefficient (Wildman–Crippen LogP) is 1.75. The van der Waals surface area contributed by atoms with Gasteiger partial charge in [-0.2, -0.15) is 0 Å². The van der Waals surface area contributed by atoms with Gasteiger partial charge in [0.1, 0.15) is 5.75 Å². The molecule has 2 aromatic rings. The molecule has 0 radical (unpaired) electrons. The Morgan fingerprint density at radius 3 is 2.73 bits per heavy atom. The fourth-order valence-electron chi connectivity index (χ4n) is 4.55. The Morgan fingerprint density at radius 1 is 1.15 bits per heavy atom.